The van der Waals surface area contributed by atoms with Crippen LogP contribution in [0.2, 0.25) is 5.02 Å². The molecule has 2 aromatic heterocycles. The second kappa shape index (κ2) is 8.12. The largest absolute Gasteiger partial charge is 0.493 e. The molecular formula is C25H26ClFN6O3S. The van der Waals surface area contributed by atoms with E-state index in [-0.39, 0.29) is 28.9 Å². The molecule has 3 aromatic rings. The maximum atomic E-state index is 13.6. The lowest BCUT2D eigenvalue weighted by atomic mass is 9.57. The zero-order valence-corrected chi connectivity index (χ0v) is 21.8. The molecule has 0 radical (unpaired) electrons. The summed E-state index contributed by atoms with van der Waals surface area (Å²) < 4.78 is 44.8. The number of ether oxygens (including phenoxy) is 1. The van der Waals surface area contributed by atoms with Crippen molar-refractivity contribution in [1.82, 2.24) is 24.6 Å². The van der Waals surface area contributed by atoms with Crippen LogP contribution in [0.4, 0.5) is 10.2 Å². The summed E-state index contributed by atoms with van der Waals surface area (Å²) in [5, 5.41) is 9.86. The van der Waals surface area contributed by atoms with Crippen LogP contribution in [0.15, 0.2) is 30.5 Å². The number of pyridine rings is 1. The van der Waals surface area contributed by atoms with Crippen molar-refractivity contribution in [3.63, 3.8) is 0 Å². The highest BCUT2D eigenvalue weighted by atomic mass is 35.5. The third-order valence-electron chi connectivity index (χ3n) is 8.26. The van der Waals surface area contributed by atoms with Crippen molar-refractivity contribution in [2.45, 2.75) is 37.9 Å². The smallest absolute Gasteiger partial charge is 0.171 e. The number of halogens is 2. The Labute approximate surface area is 219 Å². The van der Waals surface area contributed by atoms with E-state index in [1.54, 1.807) is 0 Å². The Hall–Kier alpha value is -2.76. The standard InChI is InChI=1S/C25H26ClFN6O3S/c1-36-21-5-18(27)8-28-24(21)32-13-25(14-32)6-16(7-25)23-30-29-22-10-31(19-11-37(34,35)12-19)9-15-4-17(26)2-3-20(15)33(22)23/h2-5,8,16,19H,6-7,9-14H2,1H3. The maximum absolute atomic E-state index is 13.6. The Morgan fingerprint density at radius 1 is 1.14 bits per heavy atom. The van der Waals surface area contributed by atoms with Crippen LogP contribution in [-0.2, 0) is 22.9 Å². The highest BCUT2D eigenvalue weighted by molar-refractivity contribution is 7.92. The van der Waals surface area contributed by atoms with Crippen LogP contribution < -0.4 is 9.64 Å². The molecule has 12 heteroatoms. The van der Waals surface area contributed by atoms with Crippen LogP contribution in [0.1, 0.15) is 36.0 Å². The molecule has 0 atom stereocenters. The first-order valence-electron chi connectivity index (χ1n) is 12.3. The number of rotatable bonds is 4. The molecule has 0 bridgehead atoms. The molecule has 3 aliphatic heterocycles. The molecule has 0 N–H and O–H groups in total. The Morgan fingerprint density at radius 2 is 1.92 bits per heavy atom. The molecule has 0 unspecified atom stereocenters. The number of sulfone groups is 1. The molecule has 3 fully saturated rings. The minimum atomic E-state index is -2.94. The van der Waals surface area contributed by atoms with Crippen LogP contribution in [-0.4, -0.2) is 70.8 Å². The summed E-state index contributed by atoms with van der Waals surface area (Å²) in [6.07, 6.45) is 3.20. The minimum Gasteiger partial charge on any atom is -0.493 e. The highest BCUT2D eigenvalue weighted by Gasteiger charge is 2.55. The van der Waals surface area contributed by atoms with Gasteiger partial charge in [-0.3, -0.25) is 9.47 Å². The first kappa shape index (κ1) is 23.4. The van der Waals surface area contributed by atoms with Crippen molar-refractivity contribution in [1.29, 1.82) is 0 Å². The van der Waals surface area contributed by atoms with E-state index in [0.717, 1.165) is 48.8 Å². The van der Waals surface area contributed by atoms with E-state index in [9.17, 15) is 12.8 Å². The number of benzene rings is 1. The zero-order valence-electron chi connectivity index (χ0n) is 20.3. The zero-order chi connectivity index (χ0) is 25.5. The predicted molar refractivity (Wildman–Crippen MR) is 135 cm³/mol. The fourth-order valence-corrected chi connectivity index (χ4v) is 8.15. The lowest BCUT2D eigenvalue weighted by Crippen LogP contribution is -2.62. The molecule has 9 nitrogen and oxygen atoms in total. The topological polar surface area (TPSA) is 93.4 Å². The molecule has 37 heavy (non-hydrogen) atoms. The molecule has 7 rings (SSSR count). The van der Waals surface area contributed by atoms with Crippen LogP contribution >= 0.6 is 11.6 Å². The van der Waals surface area contributed by atoms with Gasteiger partial charge in [-0.15, -0.1) is 10.2 Å². The quantitative estimate of drug-likeness (QED) is 0.495. The van der Waals surface area contributed by atoms with Gasteiger partial charge in [-0.1, -0.05) is 11.6 Å². The summed E-state index contributed by atoms with van der Waals surface area (Å²) in [6.45, 7) is 2.85. The average Bonchev–Trinajstić information content (AvgIpc) is 3.11. The second-order valence-electron chi connectivity index (χ2n) is 10.9. The van der Waals surface area contributed by atoms with Gasteiger partial charge in [-0.2, -0.15) is 0 Å². The third-order valence-corrected chi connectivity index (χ3v) is 10.3. The van der Waals surface area contributed by atoms with Gasteiger partial charge in [-0.25, -0.2) is 17.8 Å². The number of hydrogen-bond acceptors (Lipinski definition) is 8. The van der Waals surface area contributed by atoms with E-state index in [4.69, 9.17) is 16.3 Å². The first-order chi connectivity index (χ1) is 17.7. The fourth-order valence-electron chi connectivity index (χ4n) is 6.46. The van der Waals surface area contributed by atoms with E-state index in [2.05, 4.69) is 29.5 Å². The Bertz CT molecular complexity index is 1500. The van der Waals surface area contributed by atoms with Crippen molar-refractivity contribution in [2.24, 2.45) is 5.41 Å². The van der Waals surface area contributed by atoms with Gasteiger partial charge < -0.3 is 9.64 Å². The molecule has 1 aliphatic carbocycles. The van der Waals surface area contributed by atoms with Gasteiger partial charge in [0.1, 0.15) is 11.6 Å². The number of fused-ring (bicyclic) bond motifs is 3. The van der Waals surface area contributed by atoms with Gasteiger partial charge in [0.2, 0.25) is 0 Å². The normalized spacial score (nSPS) is 22.4. The number of nitrogens with zero attached hydrogens (tertiary/aromatic N) is 6. The minimum absolute atomic E-state index is 0.0199. The SMILES string of the molecule is COc1cc(F)cnc1N1CC2(CC(c3nnc4n3-c3ccc(Cl)cc3CN(C3CS(=O)(=O)C3)C4)C2)C1. The summed E-state index contributed by atoms with van der Waals surface area (Å²) in [6, 6.07) is 7.21. The van der Waals surface area contributed by atoms with Crippen LogP contribution in [0.3, 0.4) is 0 Å². The maximum Gasteiger partial charge on any atom is 0.171 e. The molecule has 194 valence electrons. The van der Waals surface area contributed by atoms with E-state index in [1.807, 2.05) is 18.2 Å². The molecule has 2 saturated heterocycles. The Balaban J connectivity index is 1.13. The van der Waals surface area contributed by atoms with E-state index >= 15 is 0 Å². The predicted octanol–water partition coefficient (Wildman–Crippen LogP) is 2.96. The molecule has 1 saturated carbocycles. The van der Waals surface area contributed by atoms with E-state index in [1.165, 1.54) is 19.4 Å². The van der Waals surface area contributed by atoms with Gasteiger partial charge in [0.15, 0.2) is 27.2 Å². The summed E-state index contributed by atoms with van der Waals surface area (Å²) in [4.78, 5) is 8.58. The molecule has 1 aromatic carbocycles. The Kier molecular flexibility index (Phi) is 5.13. The average molecular weight is 545 g/mol. The van der Waals surface area contributed by atoms with Crippen molar-refractivity contribution in [3.8, 4) is 11.4 Å². The van der Waals surface area contributed by atoms with Crippen molar-refractivity contribution in [3.05, 3.63) is 58.5 Å². The monoisotopic (exact) mass is 544 g/mol. The highest BCUT2D eigenvalue weighted by Crippen LogP contribution is 2.57. The molecular weight excluding hydrogens is 519 g/mol. The van der Waals surface area contributed by atoms with Gasteiger partial charge in [0, 0.05) is 48.1 Å². The number of aromatic nitrogens is 4. The molecule has 1 spiro atoms. The first-order valence-corrected chi connectivity index (χ1v) is 14.5. The van der Waals surface area contributed by atoms with Crippen molar-refractivity contribution < 1.29 is 17.5 Å². The van der Waals surface area contributed by atoms with Crippen LogP contribution in [0.25, 0.3) is 5.69 Å². The van der Waals surface area contributed by atoms with E-state index in [0.29, 0.717) is 29.7 Å². The summed E-state index contributed by atoms with van der Waals surface area (Å²) in [7, 11) is -1.41. The summed E-state index contributed by atoms with van der Waals surface area (Å²) in [5.41, 5.74) is 2.24. The van der Waals surface area contributed by atoms with Crippen molar-refractivity contribution >= 4 is 27.3 Å². The lowest BCUT2D eigenvalue weighted by molar-refractivity contribution is 0.0577. The van der Waals surface area contributed by atoms with E-state index < -0.39 is 15.7 Å². The lowest BCUT2D eigenvalue weighted by Gasteiger charge is -2.59. The molecule has 4 aliphatic rings. The van der Waals surface area contributed by atoms with Crippen LogP contribution in [0, 0.1) is 11.2 Å². The fraction of sp³-hybridized carbons (Fsp3) is 0.480. The number of methoxy groups -OCH3 is 1. The number of anilines is 1. The van der Waals surface area contributed by atoms with Gasteiger partial charge in [-0.05, 0) is 36.6 Å². The Morgan fingerprint density at radius 3 is 2.65 bits per heavy atom. The molecule has 0 amide bonds. The van der Waals surface area contributed by atoms with Crippen LogP contribution in [0.5, 0.6) is 5.75 Å². The van der Waals surface area contributed by atoms with Gasteiger partial charge in [0.05, 0.1) is 37.0 Å². The molecule has 5 heterocycles. The van der Waals surface area contributed by atoms with Crippen molar-refractivity contribution in [2.75, 3.05) is 36.6 Å². The summed E-state index contributed by atoms with van der Waals surface area (Å²) in [5.74, 6) is 3.13. The second-order valence-corrected chi connectivity index (χ2v) is 13.4. The van der Waals surface area contributed by atoms with Gasteiger partial charge in [0.25, 0.3) is 0 Å². The van der Waals surface area contributed by atoms with Gasteiger partial charge >= 0.3 is 0 Å². The third kappa shape index (κ3) is 3.81. The summed E-state index contributed by atoms with van der Waals surface area (Å²) >= 11 is 6.36. The number of hydrogen-bond donors (Lipinski definition) is 0.